The fourth-order valence-corrected chi connectivity index (χ4v) is 0.414. The molecule has 0 fully saturated rings. The summed E-state index contributed by atoms with van der Waals surface area (Å²) in [7, 11) is 0. The molecule has 0 saturated heterocycles. The topological polar surface area (TPSA) is 34.1 Å². The minimum absolute atomic E-state index is 0. The van der Waals surface area contributed by atoms with E-state index in [-0.39, 0.29) is 26.2 Å². The van der Waals surface area contributed by atoms with E-state index in [4.69, 9.17) is 0 Å². The van der Waals surface area contributed by atoms with E-state index in [0.29, 0.717) is 0 Å². The first-order valence-corrected chi connectivity index (χ1v) is 2.75. The van der Waals surface area contributed by atoms with Crippen LogP contribution in [0.15, 0.2) is 0 Å². The number of carbonyl (C=O) groups excluding carboxylic acids is 2. The van der Waals surface area contributed by atoms with Crippen LogP contribution in [0, 0.1) is 0 Å². The van der Waals surface area contributed by atoms with Gasteiger partial charge in [-0.3, -0.25) is 9.59 Å². The van der Waals surface area contributed by atoms with Gasteiger partial charge in [0.25, 0.3) is 6.43 Å². The van der Waals surface area contributed by atoms with Crippen molar-refractivity contribution in [3.63, 3.8) is 0 Å². The Kier molecular flexibility index (Phi) is 6.53. The van der Waals surface area contributed by atoms with Crippen LogP contribution in [0.4, 0.5) is 26.3 Å². The summed E-state index contributed by atoms with van der Waals surface area (Å²) in [6.45, 7) is 0. The van der Waals surface area contributed by atoms with Crippen LogP contribution in [0.5, 0.6) is 0 Å². The van der Waals surface area contributed by atoms with Crippen LogP contribution in [-0.4, -0.2) is 56.5 Å². The van der Waals surface area contributed by atoms with Gasteiger partial charge in [0.1, 0.15) is 0 Å². The molecule has 0 aromatic heterocycles. The van der Waals surface area contributed by atoms with Crippen LogP contribution in [0.25, 0.3) is 0 Å². The number of hydrogen-bond donors (Lipinski definition) is 0. The van der Waals surface area contributed by atoms with Crippen molar-refractivity contribution in [3.05, 3.63) is 0 Å². The molecule has 0 aliphatic carbocycles. The molecule has 0 heterocycles. The average molecular weight is 420 g/mol. The van der Waals surface area contributed by atoms with Gasteiger partial charge in [-0.1, -0.05) is 0 Å². The van der Waals surface area contributed by atoms with E-state index in [1.165, 1.54) is 0 Å². The monoisotopic (exact) mass is 420 g/mol. The number of alkyl halides is 5. The van der Waals surface area contributed by atoms with Crippen molar-refractivity contribution in [1.82, 2.24) is 0 Å². The third-order valence-electron chi connectivity index (χ3n) is 1.05. The predicted molar refractivity (Wildman–Crippen MR) is 36.9 cm³/mol. The minimum atomic E-state index is -5.32. The van der Waals surface area contributed by atoms with Crippen molar-refractivity contribution in [3.8, 4) is 0 Å². The first-order valence-electron chi connectivity index (χ1n) is 2.75. The second-order valence-corrected chi connectivity index (χ2v) is 1.96. The number of rotatable bonds is 4. The zero-order chi connectivity index (χ0) is 10.8. The molecule has 0 aromatic rings. The third-order valence-corrected chi connectivity index (χ3v) is 1.05. The van der Waals surface area contributed by atoms with Crippen molar-refractivity contribution in [2.24, 2.45) is 0 Å². The molecule has 84 valence electrons. The Morgan fingerprint density at radius 2 is 1.43 bits per heavy atom. The Bertz CT molecular complexity index is 230. The fraction of sp³-hybridized carbons (Fsp3) is 0.600. The van der Waals surface area contributed by atoms with Crippen molar-refractivity contribution in [1.29, 1.82) is 0 Å². The van der Waals surface area contributed by atoms with E-state index in [0.717, 1.165) is 0 Å². The van der Waals surface area contributed by atoms with Gasteiger partial charge >= 0.3 is 43.9 Å². The molecule has 0 radical (unpaired) electrons. The summed E-state index contributed by atoms with van der Waals surface area (Å²) in [5, 5.41) is 0. The maximum atomic E-state index is 12.0. The Morgan fingerprint density at radius 1 is 1.07 bits per heavy atom. The van der Waals surface area contributed by atoms with E-state index in [2.05, 4.69) is 0 Å². The summed E-state index contributed by atoms with van der Waals surface area (Å²) < 4.78 is 69.9. The first kappa shape index (κ1) is 16.2. The number of hydrogen-bond acceptors (Lipinski definition) is 2. The molecule has 14 heavy (non-hydrogen) atoms. The van der Waals surface area contributed by atoms with Gasteiger partial charge in [-0.2, -0.15) is 13.2 Å². The van der Waals surface area contributed by atoms with E-state index < -0.39 is 30.3 Å². The SMILES string of the molecule is O=C(F)C(=O)C(F)(F)C(F)C(F)F.[BiH3]. The molecule has 0 rings (SSSR count). The summed E-state index contributed by atoms with van der Waals surface area (Å²) >= 11 is 0. The predicted octanol–water partition coefficient (Wildman–Crippen LogP) is 0.106. The Labute approximate surface area is 92.8 Å². The van der Waals surface area contributed by atoms with E-state index >= 15 is 0 Å². The first-order chi connectivity index (χ1) is 5.71. The molecular weight excluding hydrogens is 415 g/mol. The third kappa shape index (κ3) is 3.51. The fourth-order valence-electron chi connectivity index (χ4n) is 0.414. The van der Waals surface area contributed by atoms with Crippen LogP contribution in [-0.2, 0) is 9.59 Å². The molecule has 0 aliphatic rings. The number of Topliss-reactive ketones (excluding diaryl/α,β-unsaturated/α-hetero) is 1. The van der Waals surface area contributed by atoms with E-state index in [1.807, 2.05) is 0 Å². The summed E-state index contributed by atoms with van der Waals surface area (Å²) in [5.41, 5.74) is 0. The maximum absolute atomic E-state index is 12.0. The molecular formula is C5H5BiF6O2. The second-order valence-electron chi connectivity index (χ2n) is 1.96. The quantitative estimate of drug-likeness (QED) is 0.280. The van der Waals surface area contributed by atoms with Gasteiger partial charge in [0, 0.05) is 0 Å². The molecule has 1 unspecified atom stereocenters. The van der Waals surface area contributed by atoms with Crippen molar-refractivity contribution in [2.75, 3.05) is 0 Å². The zero-order valence-electron chi connectivity index (χ0n) is 6.45. The normalized spacial score (nSPS) is 13.4. The number of carbonyl (C=O) groups is 2. The summed E-state index contributed by atoms with van der Waals surface area (Å²) in [4.78, 5) is 19.3. The van der Waals surface area contributed by atoms with Gasteiger partial charge in [0.05, 0.1) is 0 Å². The van der Waals surface area contributed by atoms with Gasteiger partial charge < -0.3 is 0 Å². The van der Waals surface area contributed by atoms with Gasteiger partial charge in [-0.05, 0) is 0 Å². The molecule has 0 aromatic carbocycles. The molecule has 0 amide bonds. The van der Waals surface area contributed by atoms with E-state index in [1.54, 1.807) is 0 Å². The Balaban J connectivity index is 0. The van der Waals surface area contributed by atoms with Crippen LogP contribution >= 0.6 is 0 Å². The average Bonchev–Trinajstić information content (AvgIpc) is 2.01. The van der Waals surface area contributed by atoms with Gasteiger partial charge in [-0.15, -0.1) is 0 Å². The summed E-state index contributed by atoms with van der Waals surface area (Å²) in [6, 6.07) is -3.16. The summed E-state index contributed by atoms with van der Waals surface area (Å²) in [6.07, 6.45) is -8.35. The van der Waals surface area contributed by atoms with Gasteiger partial charge in [0.2, 0.25) is 6.17 Å². The molecule has 0 bridgehead atoms. The molecule has 0 aliphatic heterocycles. The van der Waals surface area contributed by atoms with Crippen LogP contribution in [0.2, 0.25) is 0 Å². The van der Waals surface area contributed by atoms with Gasteiger partial charge in [0.15, 0.2) is 0 Å². The van der Waals surface area contributed by atoms with Crippen LogP contribution < -0.4 is 0 Å². The Morgan fingerprint density at radius 3 is 1.64 bits per heavy atom. The molecule has 0 N–H and O–H groups in total. The second kappa shape index (κ2) is 5.63. The zero-order valence-corrected chi connectivity index (χ0v) is 11.9. The molecule has 0 spiro atoms. The standard InChI is InChI=1S/C5H2F6O2.Bi.3H/c6-1(3(7)8)5(10,11)2(12)4(9)13;;;;/h1,3H;;;;. The summed E-state index contributed by atoms with van der Waals surface area (Å²) in [5.74, 6) is -8.43. The van der Waals surface area contributed by atoms with Crippen molar-refractivity contribution < 1.29 is 35.9 Å². The molecule has 0 saturated carbocycles. The van der Waals surface area contributed by atoms with Gasteiger partial charge in [-0.25, -0.2) is 13.2 Å². The molecule has 9 heteroatoms. The van der Waals surface area contributed by atoms with Crippen molar-refractivity contribution >= 4 is 38.0 Å². The van der Waals surface area contributed by atoms with Crippen molar-refractivity contribution in [2.45, 2.75) is 18.5 Å². The van der Waals surface area contributed by atoms with Crippen LogP contribution in [0.1, 0.15) is 0 Å². The number of halogens is 6. The Hall–Kier alpha value is -0.197. The number of ketones is 1. The molecule has 2 nitrogen and oxygen atoms in total. The van der Waals surface area contributed by atoms with Crippen LogP contribution in [0.3, 0.4) is 0 Å². The molecule has 1 atom stereocenters. The van der Waals surface area contributed by atoms with E-state index in [9.17, 15) is 35.9 Å².